The van der Waals surface area contributed by atoms with Gasteiger partial charge in [-0.2, -0.15) is 12.5 Å². The number of carboxylic acids is 1. The van der Waals surface area contributed by atoms with Gasteiger partial charge in [0.25, 0.3) is 10.0 Å². The molecule has 134 valence electrons. The molecule has 0 aliphatic carbocycles. The predicted octanol–water partition coefficient (Wildman–Crippen LogP) is 2.86. The summed E-state index contributed by atoms with van der Waals surface area (Å²) in [4.78, 5) is 11.2. The van der Waals surface area contributed by atoms with Crippen LogP contribution in [0.1, 0.15) is 10.5 Å². The van der Waals surface area contributed by atoms with Gasteiger partial charge in [0, 0.05) is 11.3 Å². The standard InChI is InChI=1S/C16H11ClFN3O4S/c17-13-14(16(22)23)20-21(15(13)9-1-3-10(18)4-2-9)26(24,25)12-7-5-11(19)6-8-12/h1-8H,19H2,(H,22,23). The Balaban J connectivity index is 2.29. The number of halogens is 2. The van der Waals surface area contributed by atoms with E-state index in [0.717, 1.165) is 12.1 Å². The summed E-state index contributed by atoms with van der Waals surface area (Å²) in [6, 6.07) is 10.0. The van der Waals surface area contributed by atoms with Crippen LogP contribution in [0.25, 0.3) is 11.3 Å². The van der Waals surface area contributed by atoms with Gasteiger partial charge in [-0.25, -0.2) is 9.18 Å². The van der Waals surface area contributed by atoms with Gasteiger partial charge in [0.2, 0.25) is 0 Å². The average molecular weight is 396 g/mol. The van der Waals surface area contributed by atoms with E-state index in [1.165, 1.54) is 36.4 Å². The van der Waals surface area contributed by atoms with E-state index in [-0.39, 0.29) is 21.2 Å². The van der Waals surface area contributed by atoms with E-state index in [1.54, 1.807) is 0 Å². The number of nitrogens with zero attached hydrogens (tertiary/aromatic N) is 2. The Morgan fingerprint density at radius 1 is 1.12 bits per heavy atom. The minimum absolute atomic E-state index is 0.161. The summed E-state index contributed by atoms with van der Waals surface area (Å²) in [6.07, 6.45) is 0. The number of carboxylic acid groups (broad SMARTS) is 1. The van der Waals surface area contributed by atoms with Crippen molar-refractivity contribution in [3.05, 3.63) is 65.1 Å². The molecule has 2 aromatic carbocycles. The summed E-state index contributed by atoms with van der Waals surface area (Å²) in [6.45, 7) is 0. The molecular formula is C16H11ClFN3O4S. The molecule has 3 aromatic rings. The SMILES string of the molecule is Nc1ccc(S(=O)(=O)n2nc(C(=O)O)c(Cl)c2-c2ccc(F)cc2)cc1. The molecule has 0 saturated carbocycles. The highest BCUT2D eigenvalue weighted by atomic mass is 35.5. The first-order valence-electron chi connectivity index (χ1n) is 7.10. The lowest BCUT2D eigenvalue weighted by molar-refractivity contribution is 0.0690. The highest BCUT2D eigenvalue weighted by Gasteiger charge is 2.30. The molecule has 0 spiro atoms. The maximum atomic E-state index is 13.2. The number of hydrogen-bond acceptors (Lipinski definition) is 5. The number of nitrogen functional groups attached to an aromatic ring is 1. The minimum Gasteiger partial charge on any atom is -0.476 e. The van der Waals surface area contributed by atoms with Gasteiger partial charge in [-0.1, -0.05) is 11.6 Å². The minimum atomic E-state index is -4.27. The zero-order chi connectivity index (χ0) is 19.1. The fourth-order valence-electron chi connectivity index (χ4n) is 2.28. The van der Waals surface area contributed by atoms with Crippen molar-refractivity contribution in [2.75, 3.05) is 5.73 Å². The number of benzene rings is 2. The number of anilines is 1. The van der Waals surface area contributed by atoms with Crippen molar-refractivity contribution < 1.29 is 22.7 Å². The molecule has 3 N–H and O–H groups in total. The molecule has 10 heteroatoms. The van der Waals surface area contributed by atoms with Crippen molar-refractivity contribution in [1.29, 1.82) is 0 Å². The second-order valence-electron chi connectivity index (χ2n) is 5.24. The van der Waals surface area contributed by atoms with E-state index in [9.17, 15) is 22.7 Å². The monoisotopic (exact) mass is 395 g/mol. The quantitative estimate of drug-likeness (QED) is 0.656. The van der Waals surface area contributed by atoms with Gasteiger partial charge in [-0.15, -0.1) is 5.10 Å². The molecule has 0 saturated heterocycles. The van der Waals surface area contributed by atoms with E-state index in [0.29, 0.717) is 9.77 Å². The van der Waals surface area contributed by atoms with E-state index >= 15 is 0 Å². The first-order valence-corrected chi connectivity index (χ1v) is 8.92. The fraction of sp³-hybridized carbons (Fsp3) is 0. The van der Waals surface area contributed by atoms with E-state index < -0.39 is 27.5 Å². The molecule has 7 nitrogen and oxygen atoms in total. The molecule has 1 heterocycles. The lowest BCUT2D eigenvalue weighted by Gasteiger charge is -2.09. The first-order chi connectivity index (χ1) is 12.2. The van der Waals surface area contributed by atoms with Crippen LogP contribution in [0, 0.1) is 5.82 Å². The lowest BCUT2D eigenvalue weighted by atomic mass is 10.1. The van der Waals surface area contributed by atoms with Crippen LogP contribution in [0.3, 0.4) is 0 Å². The number of carbonyl (C=O) groups is 1. The van der Waals surface area contributed by atoms with Crippen molar-refractivity contribution >= 4 is 33.3 Å². The molecule has 0 radical (unpaired) electrons. The maximum absolute atomic E-state index is 13.2. The molecule has 0 amide bonds. The molecule has 0 atom stereocenters. The van der Waals surface area contributed by atoms with Crippen LogP contribution in [-0.4, -0.2) is 28.7 Å². The summed E-state index contributed by atoms with van der Waals surface area (Å²) < 4.78 is 39.6. The molecule has 0 aliphatic rings. The summed E-state index contributed by atoms with van der Waals surface area (Å²) in [5.41, 5.74) is 5.29. The second-order valence-corrected chi connectivity index (χ2v) is 7.39. The highest BCUT2D eigenvalue weighted by molar-refractivity contribution is 7.90. The summed E-state index contributed by atoms with van der Waals surface area (Å²) in [7, 11) is -4.27. The van der Waals surface area contributed by atoms with Gasteiger partial charge in [-0.3, -0.25) is 0 Å². The van der Waals surface area contributed by atoms with E-state index in [2.05, 4.69) is 5.10 Å². The Hall–Kier alpha value is -2.91. The Morgan fingerprint density at radius 2 is 1.69 bits per heavy atom. The third-order valence-electron chi connectivity index (χ3n) is 3.52. The molecule has 0 unspecified atom stereocenters. The third-order valence-corrected chi connectivity index (χ3v) is 5.47. The zero-order valence-electron chi connectivity index (χ0n) is 12.9. The van der Waals surface area contributed by atoms with Gasteiger partial charge in [-0.05, 0) is 48.5 Å². The molecule has 0 aliphatic heterocycles. The zero-order valence-corrected chi connectivity index (χ0v) is 14.5. The number of hydrogen-bond donors (Lipinski definition) is 2. The third kappa shape index (κ3) is 3.02. The summed E-state index contributed by atoms with van der Waals surface area (Å²) in [5, 5.41) is 12.5. The highest BCUT2D eigenvalue weighted by Crippen LogP contribution is 2.33. The van der Waals surface area contributed by atoms with Crippen molar-refractivity contribution in [1.82, 2.24) is 9.19 Å². The fourth-order valence-corrected chi connectivity index (χ4v) is 3.94. The van der Waals surface area contributed by atoms with Crippen molar-refractivity contribution in [2.45, 2.75) is 4.90 Å². The van der Waals surface area contributed by atoms with Crippen LogP contribution in [0.2, 0.25) is 5.02 Å². The molecule has 0 fully saturated rings. The van der Waals surface area contributed by atoms with Gasteiger partial charge in [0.05, 0.1) is 4.90 Å². The van der Waals surface area contributed by atoms with Crippen LogP contribution in [0.4, 0.5) is 10.1 Å². The van der Waals surface area contributed by atoms with Gasteiger partial charge < -0.3 is 10.8 Å². The van der Waals surface area contributed by atoms with Gasteiger partial charge >= 0.3 is 5.97 Å². The lowest BCUT2D eigenvalue weighted by Crippen LogP contribution is -2.16. The molecule has 3 rings (SSSR count). The number of aromatic carboxylic acids is 1. The number of aromatic nitrogens is 2. The smallest absolute Gasteiger partial charge is 0.358 e. The van der Waals surface area contributed by atoms with Crippen LogP contribution in [0.5, 0.6) is 0 Å². The Kier molecular flexibility index (Phi) is 4.43. The molecular weight excluding hydrogens is 385 g/mol. The van der Waals surface area contributed by atoms with Gasteiger partial charge in [0.15, 0.2) is 5.69 Å². The first kappa shape index (κ1) is 17.9. The van der Waals surface area contributed by atoms with Crippen molar-refractivity contribution in [3.8, 4) is 11.3 Å². The van der Waals surface area contributed by atoms with E-state index in [1.807, 2.05) is 0 Å². The van der Waals surface area contributed by atoms with E-state index in [4.69, 9.17) is 17.3 Å². The second kappa shape index (κ2) is 6.43. The normalized spacial score (nSPS) is 11.5. The van der Waals surface area contributed by atoms with Crippen molar-refractivity contribution in [3.63, 3.8) is 0 Å². The largest absolute Gasteiger partial charge is 0.476 e. The topological polar surface area (TPSA) is 115 Å². The Labute approximate surface area is 152 Å². The van der Waals surface area contributed by atoms with Crippen LogP contribution in [-0.2, 0) is 10.0 Å². The van der Waals surface area contributed by atoms with Crippen LogP contribution < -0.4 is 5.73 Å². The van der Waals surface area contributed by atoms with Crippen LogP contribution >= 0.6 is 11.6 Å². The summed E-state index contributed by atoms with van der Waals surface area (Å²) >= 11 is 6.08. The number of rotatable bonds is 4. The van der Waals surface area contributed by atoms with Crippen LogP contribution in [0.15, 0.2) is 53.4 Å². The number of nitrogens with two attached hydrogens (primary N) is 1. The van der Waals surface area contributed by atoms with Gasteiger partial charge in [0.1, 0.15) is 16.5 Å². The maximum Gasteiger partial charge on any atom is 0.358 e. The molecule has 26 heavy (non-hydrogen) atoms. The van der Waals surface area contributed by atoms with Crippen molar-refractivity contribution in [2.24, 2.45) is 0 Å². The Morgan fingerprint density at radius 3 is 2.23 bits per heavy atom. The molecule has 1 aromatic heterocycles. The average Bonchev–Trinajstić information content (AvgIpc) is 2.94. The molecule has 0 bridgehead atoms. The predicted molar refractivity (Wildman–Crippen MR) is 93.0 cm³/mol. The summed E-state index contributed by atoms with van der Waals surface area (Å²) in [5.74, 6) is -2.04. The Bertz CT molecular complexity index is 1090.